The molecule has 242 valence electrons. The van der Waals surface area contributed by atoms with E-state index < -0.39 is 0 Å². The number of fused-ring (bicyclic) bond motifs is 2. The Morgan fingerprint density at radius 3 is 1.07 bits per heavy atom. The van der Waals surface area contributed by atoms with Crippen LogP contribution in [0.2, 0.25) is 0 Å². The highest BCUT2D eigenvalue weighted by molar-refractivity contribution is 5.85. The Kier molecular flexibility index (Phi) is 8.38. The summed E-state index contributed by atoms with van der Waals surface area (Å²) in [5.74, 6) is 0. The van der Waals surface area contributed by atoms with Crippen molar-refractivity contribution in [1.29, 1.82) is 0 Å². The lowest BCUT2D eigenvalue weighted by atomic mass is 9.87. The summed E-state index contributed by atoms with van der Waals surface area (Å²) in [6, 6.07) is 28.0. The van der Waals surface area contributed by atoms with Crippen molar-refractivity contribution < 1.29 is 0 Å². The molecular formula is C42H54N4. The second kappa shape index (κ2) is 12.0. The zero-order chi connectivity index (χ0) is 33.0. The lowest BCUT2D eigenvalue weighted by Gasteiger charge is -2.25. The molecule has 0 unspecified atom stereocenters. The second-order valence-corrected chi connectivity index (χ2v) is 15.8. The maximum atomic E-state index is 2.59. The normalized spacial score (nSPS) is 14.7. The van der Waals surface area contributed by atoms with Gasteiger partial charge in [-0.2, -0.15) is 0 Å². The third-order valence-corrected chi connectivity index (χ3v) is 10.3. The van der Waals surface area contributed by atoms with Crippen molar-refractivity contribution in [2.45, 2.75) is 92.9 Å². The smallest absolute Gasteiger partial charge is 0.0953 e. The van der Waals surface area contributed by atoms with Crippen LogP contribution in [0.5, 0.6) is 0 Å². The highest BCUT2D eigenvalue weighted by Crippen LogP contribution is 2.44. The number of rotatable bonds is 7. The summed E-state index contributed by atoms with van der Waals surface area (Å²) in [6.07, 6.45) is 2.31. The van der Waals surface area contributed by atoms with Crippen LogP contribution in [0.1, 0.15) is 87.8 Å². The first kappa shape index (κ1) is 32.0. The summed E-state index contributed by atoms with van der Waals surface area (Å²) >= 11 is 0. The molecule has 2 heterocycles. The van der Waals surface area contributed by atoms with E-state index in [0.717, 1.165) is 39.3 Å². The Morgan fingerprint density at radius 1 is 0.457 bits per heavy atom. The third-order valence-electron chi connectivity index (χ3n) is 10.3. The van der Waals surface area contributed by atoms with Gasteiger partial charge in [-0.05, 0) is 133 Å². The monoisotopic (exact) mass is 614 g/mol. The predicted molar refractivity (Wildman–Crippen MR) is 200 cm³/mol. The summed E-state index contributed by atoms with van der Waals surface area (Å²) in [6.45, 7) is 26.6. The van der Waals surface area contributed by atoms with E-state index in [0.29, 0.717) is 0 Å². The van der Waals surface area contributed by atoms with Crippen LogP contribution in [0.15, 0.2) is 72.8 Å². The van der Waals surface area contributed by atoms with E-state index in [-0.39, 0.29) is 10.8 Å². The molecule has 4 heteroatoms. The van der Waals surface area contributed by atoms with E-state index in [1.807, 2.05) is 0 Å². The minimum atomic E-state index is 0.155. The largest absolute Gasteiger partial charge is 0.352 e. The van der Waals surface area contributed by atoms with Crippen LogP contribution < -0.4 is 19.6 Å². The average Bonchev–Trinajstić information content (AvgIpc) is 3.52. The average molecular weight is 615 g/mol. The standard InChI is InChI=1S/C42H54N4/c1-29-23-37-39(25-31(29)3)45(35-17-13-33(14-18-35)41(5,6)7)27-43(37)21-11-12-22-44-28-46(40-26-32(4)30(2)24-38(40)44)36-19-15-34(16-20-36)42(8,9)10/h13-20,23-26H,11-12,21-22,27-28H2,1-10H3. The van der Waals surface area contributed by atoms with E-state index in [9.17, 15) is 0 Å². The molecule has 46 heavy (non-hydrogen) atoms. The van der Waals surface area contributed by atoms with Gasteiger partial charge in [0.05, 0.1) is 36.1 Å². The van der Waals surface area contributed by atoms with E-state index in [4.69, 9.17) is 0 Å². The minimum absolute atomic E-state index is 0.155. The Hall–Kier alpha value is -3.92. The Bertz CT molecular complexity index is 1570. The first-order valence-corrected chi connectivity index (χ1v) is 17.2. The highest BCUT2D eigenvalue weighted by atomic mass is 15.4. The maximum absolute atomic E-state index is 2.59. The molecule has 2 aliphatic heterocycles. The molecule has 0 saturated heterocycles. The van der Waals surface area contributed by atoms with Crippen molar-refractivity contribution in [2.24, 2.45) is 0 Å². The number of anilines is 6. The fourth-order valence-corrected chi connectivity index (χ4v) is 6.87. The van der Waals surface area contributed by atoms with Crippen LogP contribution in [-0.4, -0.2) is 26.4 Å². The van der Waals surface area contributed by atoms with Gasteiger partial charge in [0.1, 0.15) is 0 Å². The van der Waals surface area contributed by atoms with Gasteiger partial charge < -0.3 is 19.6 Å². The van der Waals surface area contributed by atoms with Gasteiger partial charge in [-0.25, -0.2) is 0 Å². The Balaban J connectivity index is 1.15. The topological polar surface area (TPSA) is 13.0 Å². The molecule has 0 spiro atoms. The molecule has 6 rings (SSSR count). The first-order valence-electron chi connectivity index (χ1n) is 17.2. The zero-order valence-corrected chi connectivity index (χ0v) is 30.0. The zero-order valence-electron chi connectivity index (χ0n) is 30.0. The molecule has 0 bridgehead atoms. The van der Waals surface area contributed by atoms with Gasteiger partial charge in [0.15, 0.2) is 0 Å². The van der Waals surface area contributed by atoms with Crippen LogP contribution in [0.25, 0.3) is 0 Å². The van der Waals surface area contributed by atoms with Crippen molar-refractivity contribution in [3.8, 4) is 0 Å². The van der Waals surface area contributed by atoms with Gasteiger partial charge in [0, 0.05) is 24.5 Å². The predicted octanol–water partition coefficient (Wildman–Crippen LogP) is 10.8. The van der Waals surface area contributed by atoms with Crippen LogP contribution >= 0.6 is 0 Å². The Morgan fingerprint density at radius 2 is 0.761 bits per heavy atom. The molecule has 2 aliphatic rings. The maximum Gasteiger partial charge on any atom is 0.0953 e. The van der Waals surface area contributed by atoms with Gasteiger partial charge >= 0.3 is 0 Å². The summed E-state index contributed by atoms with van der Waals surface area (Å²) < 4.78 is 0. The van der Waals surface area contributed by atoms with E-state index in [2.05, 4.69) is 162 Å². The summed E-state index contributed by atoms with van der Waals surface area (Å²) in [4.78, 5) is 10.2. The van der Waals surface area contributed by atoms with Gasteiger partial charge in [0.2, 0.25) is 0 Å². The molecule has 0 aromatic heterocycles. The highest BCUT2D eigenvalue weighted by Gasteiger charge is 2.30. The lowest BCUT2D eigenvalue weighted by molar-refractivity contribution is 0.590. The van der Waals surface area contributed by atoms with E-state index in [1.54, 1.807) is 0 Å². The third kappa shape index (κ3) is 6.24. The van der Waals surface area contributed by atoms with Crippen molar-refractivity contribution in [3.63, 3.8) is 0 Å². The molecular weight excluding hydrogens is 560 g/mol. The molecule has 0 radical (unpaired) electrons. The van der Waals surface area contributed by atoms with Crippen molar-refractivity contribution in [1.82, 2.24) is 0 Å². The van der Waals surface area contributed by atoms with E-state index in [1.165, 1.54) is 67.5 Å². The molecule has 4 aromatic carbocycles. The summed E-state index contributed by atoms with van der Waals surface area (Å²) in [7, 11) is 0. The lowest BCUT2D eigenvalue weighted by Crippen LogP contribution is -2.31. The molecule has 0 fully saturated rings. The van der Waals surface area contributed by atoms with Gasteiger partial charge in [-0.3, -0.25) is 0 Å². The molecule has 4 aromatic rings. The fourth-order valence-electron chi connectivity index (χ4n) is 6.87. The van der Waals surface area contributed by atoms with Crippen LogP contribution in [0.3, 0.4) is 0 Å². The van der Waals surface area contributed by atoms with Crippen LogP contribution in [0, 0.1) is 27.7 Å². The van der Waals surface area contributed by atoms with Gasteiger partial charge in [0.25, 0.3) is 0 Å². The number of hydrogen-bond acceptors (Lipinski definition) is 4. The summed E-state index contributed by atoms with van der Waals surface area (Å²) in [5, 5.41) is 0. The van der Waals surface area contributed by atoms with Crippen LogP contribution in [-0.2, 0) is 10.8 Å². The van der Waals surface area contributed by atoms with Crippen LogP contribution in [0.4, 0.5) is 34.1 Å². The SMILES string of the molecule is Cc1cc2c(cc1C)N(c1ccc(C(C)(C)C)cc1)CN2CCCCN1CN(c2ccc(C(C)(C)C)cc2)c2cc(C)c(C)cc21. The van der Waals surface area contributed by atoms with Crippen molar-refractivity contribution in [3.05, 3.63) is 106 Å². The number of nitrogens with zero attached hydrogens (tertiary/aromatic N) is 4. The van der Waals surface area contributed by atoms with Gasteiger partial charge in [-0.15, -0.1) is 0 Å². The fraction of sp³-hybridized carbons (Fsp3) is 0.429. The molecule has 0 N–H and O–H groups in total. The number of aryl methyl sites for hydroxylation is 4. The number of unbranched alkanes of at least 4 members (excludes halogenated alkanes) is 1. The number of benzene rings is 4. The van der Waals surface area contributed by atoms with E-state index >= 15 is 0 Å². The van der Waals surface area contributed by atoms with Crippen molar-refractivity contribution in [2.75, 3.05) is 46.0 Å². The second-order valence-electron chi connectivity index (χ2n) is 15.8. The number of hydrogen-bond donors (Lipinski definition) is 0. The molecule has 0 saturated carbocycles. The van der Waals surface area contributed by atoms with Gasteiger partial charge in [-0.1, -0.05) is 65.8 Å². The van der Waals surface area contributed by atoms with Crippen molar-refractivity contribution >= 4 is 34.1 Å². The first-order chi connectivity index (χ1) is 21.7. The summed E-state index contributed by atoms with van der Waals surface area (Å²) in [5.41, 5.74) is 16.4. The molecule has 4 nitrogen and oxygen atoms in total. The molecule has 0 atom stereocenters. The molecule has 0 amide bonds. The molecule has 0 aliphatic carbocycles. The quantitative estimate of drug-likeness (QED) is 0.192. The minimum Gasteiger partial charge on any atom is -0.352 e. The Labute approximate surface area is 278 Å².